The quantitative estimate of drug-likeness (QED) is 0.466. The number of halogens is 1. The largest absolute Gasteiger partial charge is 0.494 e. The summed E-state index contributed by atoms with van der Waals surface area (Å²) in [5.41, 5.74) is 0.523. The Labute approximate surface area is 229 Å². The zero-order valence-electron chi connectivity index (χ0n) is 23.0. The van der Waals surface area contributed by atoms with Crippen molar-refractivity contribution >= 4 is 29.4 Å². The van der Waals surface area contributed by atoms with Crippen LogP contribution >= 0.6 is 0 Å². The predicted molar refractivity (Wildman–Crippen MR) is 149 cm³/mol. The fourth-order valence-electron chi connectivity index (χ4n) is 5.63. The third-order valence-corrected chi connectivity index (χ3v) is 7.91. The Morgan fingerprint density at radius 2 is 1.79 bits per heavy atom. The minimum absolute atomic E-state index is 0.178. The molecule has 3 aliphatic rings. The summed E-state index contributed by atoms with van der Waals surface area (Å²) in [6.45, 7) is 10.2. The van der Waals surface area contributed by atoms with Gasteiger partial charge in [-0.2, -0.15) is 15.0 Å². The van der Waals surface area contributed by atoms with Crippen LogP contribution in [0.1, 0.15) is 32.6 Å². The molecule has 3 fully saturated rings. The molecule has 5 rings (SSSR count). The van der Waals surface area contributed by atoms with E-state index in [0.717, 1.165) is 65.1 Å². The number of rotatable bonds is 10. The molecule has 2 aromatic rings. The number of methoxy groups -OCH3 is 1. The van der Waals surface area contributed by atoms with Crippen LogP contribution in [0.5, 0.6) is 5.75 Å². The lowest BCUT2D eigenvalue weighted by atomic mass is 10.2. The normalized spacial score (nSPS) is 20.4. The Kier molecular flexibility index (Phi) is 8.92. The summed E-state index contributed by atoms with van der Waals surface area (Å²) >= 11 is 0. The van der Waals surface area contributed by atoms with Crippen LogP contribution in [0.15, 0.2) is 18.2 Å². The van der Waals surface area contributed by atoms with Gasteiger partial charge in [0.1, 0.15) is 0 Å². The number of likely N-dealkylation sites (tertiary alicyclic amines) is 2. The second-order valence-electron chi connectivity index (χ2n) is 10.4. The zero-order valence-corrected chi connectivity index (χ0v) is 23.0. The Morgan fingerprint density at radius 3 is 2.51 bits per heavy atom. The van der Waals surface area contributed by atoms with Gasteiger partial charge in [0.25, 0.3) is 0 Å². The highest BCUT2D eigenvalue weighted by atomic mass is 19.1. The van der Waals surface area contributed by atoms with Crippen molar-refractivity contribution in [1.29, 1.82) is 0 Å². The Balaban J connectivity index is 1.28. The summed E-state index contributed by atoms with van der Waals surface area (Å²) in [6, 6.07) is 5.11. The first-order valence-electron chi connectivity index (χ1n) is 14.1. The molecule has 3 saturated heterocycles. The van der Waals surface area contributed by atoms with Crippen LogP contribution in [-0.4, -0.2) is 114 Å². The molecule has 1 atom stereocenters. The van der Waals surface area contributed by atoms with Crippen molar-refractivity contribution in [2.75, 3.05) is 88.1 Å². The molecule has 1 aromatic heterocycles. The van der Waals surface area contributed by atoms with E-state index in [-0.39, 0.29) is 11.7 Å². The van der Waals surface area contributed by atoms with Gasteiger partial charge in [-0.1, -0.05) is 6.92 Å². The molecule has 0 radical (unpaired) electrons. The molecule has 11 nitrogen and oxygen atoms in total. The van der Waals surface area contributed by atoms with Crippen LogP contribution in [0.2, 0.25) is 0 Å². The van der Waals surface area contributed by atoms with Crippen molar-refractivity contribution in [2.45, 2.75) is 38.6 Å². The second-order valence-corrected chi connectivity index (χ2v) is 10.4. The molecule has 0 aliphatic carbocycles. The molecule has 0 saturated carbocycles. The van der Waals surface area contributed by atoms with Gasteiger partial charge in [0.2, 0.25) is 23.8 Å². The van der Waals surface area contributed by atoms with E-state index in [4.69, 9.17) is 9.72 Å². The summed E-state index contributed by atoms with van der Waals surface area (Å²) in [5.74, 6) is 1.34. The minimum atomic E-state index is -0.462. The number of amides is 1. The SMILES string of the molecule is CCN1CCCC1CNc1nc(Nc2ccc(OC)c(F)c2)nc(N2CCN(CC(=O)N3CCCC3)CC2)n1. The Morgan fingerprint density at radius 1 is 1.03 bits per heavy atom. The first-order chi connectivity index (χ1) is 19.0. The number of hydrogen-bond acceptors (Lipinski definition) is 10. The van der Waals surface area contributed by atoms with Gasteiger partial charge in [-0.15, -0.1) is 0 Å². The molecule has 212 valence electrons. The van der Waals surface area contributed by atoms with Gasteiger partial charge in [-0.05, 0) is 50.9 Å². The number of carbonyl (C=O) groups excluding carboxylic acids is 1. The van der Waals surface area contributed by atoms with Crippen LogP contribution < -0.4 is 20.3 Å². The number of ether oxygens (including phenoxy) is 1. The van der Waals surface area contributed by atoms with E-state index in [1.54, 1.807) is 12.1 Å². The third kappa shape index (κ3) is 6.85. The van der Waals surface area contributed by atoms with Crippen molar-refractivity contribution in [1.82, 2.24) is 29.7 Å². The molecule has 0 spiro atoms. The molecular formula is C27H40FN9O2. The number of piperazine rings is 1. The van der Waals surface area contributed by atoms with Crippen LogP contribution in [0.4, 0.5) is 27.9 Å². The standard InChI is InChI=1S/C27H40FN9O2/c1-3-35-12-6-7-21(35)18-29-25-31-26(30-20-8-9-23(39-2)22(28)17-20)33-27(32-25)37-15-13-34(14-16-37)19-24(38)36-10-4-5-11-36/h8-9,17,21H,3-7,10-16,18-19H2,1-2H3,(H2,29,30,31,32,33). The number of anilines is 4. The zero-order chi connectivity index (χ0) is 27.2. The number of carbonyl (C=O) groups is 1. The number of benzene rings is 1. The Bertz CT molecular complexity index is 1120. The topological polar surface area (TPSA) is 102 Å². The second kappa shape index (κ2) is 12.7. The maximum absolute atomic E-state index is 14.3. The maximum Gasteiger partial charge on any atom is 0.236 e. The lowest BCUT2D eigenvalue weighted by Gasteiger charge is -2.35. The van der Waals surface area contributed by atoms with E-state index in [1.807, 2.05) is 4.90 Å². The van der Waals surface area contributed by atoms with E-state index in [9.17, 15) is 9.18 Å². The molecule has 3 aliphatic heterocycles. The average Bonchev–Trinajstić information content (AvgIpc) is 3.65. The van der Waals surface area contributed by atoms with E-state index in [0.29, 0.717) is 49.2 Å². The van der Waals surface area contributed by atoms with Crippen LogP contribution in [0.25, 0.3) is 0 Å². The molecule has 1 unspecified atom stereocenters. The monoisotopic (exact) mass is 541 g/mol. The number of aromatic nitrogens is 3. The summed E-state index contributed by atoms with van der Waals surface area (Å²) < 4.78 is 19.4. The molecule has 39 heavy (non-hydrogen) atoms. The first-order valence-corrected chi connectivity index (χ1v) is 14.1. The van der Waals surface area contributed by atoms with Gasteiger partial charge in [-0.3, -0.25) is 14.6 Å². The lowest BCUT2D eigenvalue weighted by molar-refractivity contribution is -0.131. The summed E-state index contributed by atoms with van der Waals surface area (Å²) in [6.07, 6.45) is 4.55. The van der Waals surface area contributed by atoms with Gasteiger partial charge in [0.05, 0.1) is 13.7 Å². The maximum atomic E-state index is 14.3. The fourth-order valence-corrected chi connectivity index (χ4v) is 5.63. The van der Waals surface area contributed by atoms with E-state index in [1.165, 1.54) is 19.6 Å². The highest BCUT2D eigenvalue weighted by molar-refractivity contribution is 5.78. The molecule has 4 heterocycles. The van der Waals surface area contributed by atoms with Gasteiger partial charge >= 0.3 is 0 Å². The molecular weight excluding hydrogens is 501 g/mol. The van der Waals surface area contributed by atoms with E-state index < -0.39 is 5.82 Å². The number of hydrogen-bond donors (Lipinski definition) is 2. The number of nitrogens with zero attached hydrogens (tertiary/aromatic N) is 7. The van der Waals surface area contributed by atoms with Gasteiger partial charge in [0.15, 0.2) is 11.6 Å². The van der Waals surface area contributed by atoms with Crippen LogP contribution in [0.3, 0.4) is 0 Å². The number of nitrogens with one attached hydrogen (secondary N) is 2. The van der Waals surface area contributed by atoms with Crippen molar-refractivity contribution in [2.24, 2.45) is 0 Å². The van der Waals surface area contributed by atoms with Crippen molar-refractivity contribution in [3.8, 4) is 5.75 Å². The van der Waals surface area contributed by atoms with Gasteiger partial charge in [0, 0.05) is 63.6 Å². The molecule has 0 bridgehead atoms. The number of likely N-dealkylation sites (N-methyl/N-ethyl adjacent to an activating group) is 1. The minimum Gasteiger partial charge on any atom is -0.494 e. The first kappa shape index (κ1) is 27.3. The summed E-state index contributed by atoms with van der Waals surface area (Å²) in [5, 5.41) is 6.56. The predicted octanol–water partition coefficient (Wildman–Crippen LogP) is 2.40. The van der Waals surface area contributed by atoms with Gasteiger partial charge < -0.3 is 25.2 Å². The van der Waals surface area contributed by atoms with E-state index >= 15 is 0 Å². The summed E-state index contributed by atoms with van der Waals surface area (Å²) in [7, 11) is 1.44. The highest BCUT2D eigenvalue weighted by Gasteiger charge is 2.26. The Hall–Kier alpha value is -3.25. The van der Waals surface area contributed by atoms with E-state index in [2.05, 4.69) is 42.2 Å². The molecule has 1 amide bonds. The lowest BCUT2D eigenvalue weighted by Crippen LogP contribution is -2.50. The van der Waals surface area contributed by atoms with Gasteiger partial charge in [-0.25, -0.2) is 4.39 Å². The average molecular weight is 542 g/mol. The van der Waals surface area contributed by atoms with Crippen molar-refractivity contribution < 1.29 is 13.9 Å². The van der Waals surface area contributed by atoms with Crippen LogP contribution in [-0.2, 0) is 4.79 Å². The third-order valence-electron chi connectivity index (χ3n) is 7.91. The highest BCUT2D eigenvalue weighted by Crippen LogP contribution is 2.24. The smallest absolute Gasteiger partial charge is 0.236 e. The summed E-state index contributed by atoms with van der Waals surface area (Å²) in [4.78, 5) is 35.4. The fraction of sp³-hybridized carbons (Fsp3) is 0.630. The van der Waals surface area contributed by atoms with Crippen molar-refractivity contribution in [3.63, 3.8) is 0 Å². The molecule has 12 heteroatoms. The molecule has 1 aromatic carbocycles. The molecule has 2 N–H and O–H groups in total. The van der Waals surface area contributed by atoms with Crippen molar-refractivity contribution in [3.05, 3.63) is 24.0 Å². The van der Waals surface area contributed by atoms with Crippen LogP contribution in [0, 0.1) is 5.82 Å².